The predicted molar refractivity (Wildman–Crippen MR) is 331 cm³/mol. The topological polar surface area (TPSA) is 382 Å². The molecule has 0 saturated heterocycles. The number of hydrogen-bond donors (Lipinski definition) is 7. The van der Waals surface area contributed by atoms with Gasteiger partial charge in [-0.25, -0.2) is 9.97 Å². The van der Waals surface area contributed by atoms with Crippen LogP contribution in [0.3, 0.4) is 0 Å². The Morgan fingerprint density at radius 3 is 1.23 bits per heavy atom. The molecule has 3 aromatic heterocycles. The minimum atomic E-state index is -4.98. The zero-order valence-electron chi connectivity index (χ0n) is 46.3. The molecule has 6 aromatic carbocycles. The summed E-state index contributed by atoms with van der Waals surface area (Å²) < 4.78 is 143. The van der Waals surface area contributed by atoms with Crippen molar-refractivity contribution < 1.29 is 57.0 Å². The molecule has 33 heteroatoms. The molecule has 0 atom stereocenters. The summed E-state index contributed by atoms with van der Waals surface area (Å²) in [6.07, 6.45) is 0. The molecule has 3 heterocycles. The normalized spacial score (nSPS) is 12.5. The number of benzene rings is 6. The van der Waals surface area contributed by atoms with E-state index in [2.05, 4.69) is 51.0 Å². The van der Waals surface area contributed by atoms with Crippen molar-refractivity contribution in [2.75, 3.05) is 59.0 Å². The molecule has 0 spiro atoms. The average Bonchev–Trinajstić information content (AvgIpc) is 1.84. The van der Waals surface area contributed by atoms with Gasteiger partial charge in [0.25, 0.3) is 40.5 Å². The number of rotatable bonds is 23. The third-order valence-corrected chi connectivity index (χ3v) is 20.3. The maximum Gasteiger partial charge on any atom is 0.296 e. The Labute approximate surface area is 506 Å². The maximum atomic E-state index is 13.0. The van der Waals surface area contributed by atoms with E-state index in [1.165, 1.54) is 50.2 Å². The van der Waals surface area contributed by atoms with Gasteiger partial charge in [-0.3, -0.25) is 18.2 Å². The maximum absolute atomic E-state index is 13.0. The van der Waals surface area contributed by atoms with E-state index in [4.69, 9.17) is 4.98 Å². The van der Waals surface area contributed by atoms with Gasteiger partial charge >= 0.3 is 0 Å². The Morgan fingerprint density at radius 2 is 0.872 bits per heavy atom. The van der Waals surface area contributed by atoms with Crippen LogP contribution in [-0.2, 0) is 40.5 Å². The molecule has 0 fully saturated rings. The van der Waals surface area contributed by atoms with Crippen molar-refractivity contribution in [1.82, 2.24) is 24.9 Å². The summed E-state index contributed by atoms with van der Waals surface area (Å²) in [5.74, 6) is 0.0935. The molecule has 9 rings (SSSR count). The lowest BCUT2D eigenvalue weighted by molar-refractivity contribution is 0.322. The monoisotopic (exact) mass is 1300 g/mol. The first kappa shape index (κ1) is 63.0. The summed E-state index contributed by atoms with van der Waals surface area (Å²) in [6, 6.07) is 24.1. The lowest BCUT2D eigenvalue weighted by Gasteiger charge is -2.22. The molecule has 26 nitrogen and oxygen atoms in total. The van der Waals surface area contributed by atoms with E-state index in [0.717, 1.165) is 57.9 Å². The molecule has 0 aliphatic rings. The standard InChI is InChI=1S/C53H53N13O13S7/c1-7-65(8-2)33-15-21-35(61-63-37-19-13-31(25-43(37)83(68,69)70)49-54-39-17-11-29(5)47(45(39)81-49)85(74,75)76)41(27-33)56-51-58-52(60-53(59-51)80-24-23-67)57-42-28-34(66(9-3)10-4)16-22-36(42)62-64-38-20-14-32(26-44(38)84(71,72)73)50-55-40-18-12-30(6)48(46(40)82-50)86(77,78)79/h11-22,25-28,67H,7-10,23-24H2,1-6H3,(H,68,69,70)(H,71,72,73)(H,74,75,76)(H,77,78,79)(H2,56,57,58,59,60). The smallest absolute Gasteiger partial charge is 0.296 e. The Hall–Kier alpha value is -7.54. The molecule has 0 amide bonds. The lowest BCUT2D eigenvalue weighted by atomic mass is 10.2. The molecule has 450 valence electrons. The third-order valence-electron chi connectivity index (χ3n) is 13.1. The number of thiazole rings is 2. The summed E-state index contributed by atoms with van der Waals surface area (Å²) in [4.78, 5) is 25.0. The molecule has 86 heavy (non-hydrogen) atoms. The summed E-state index contributed by atoms with van der Waals surface area (Å²) in [6.45, 7) is 13.1. The van der Waals surface area contributed by atoms with Crippen molar-refractivity contribution in [3.63, 3.8) is 0 Å². The van der Waals surface area contributed by atoms with Gasteiger partial charge in [-0.1, -0.05) is 23.9 Å². The van der Waals surface area contributed by atoms with Crippen molar-refractivity contribution in [2.24, 2.45) is 20.5 Å². The third kappa shape index (κ3) is 14.0. The first-order chi connectivity index (χ1) is 40.7. The highest BCUT2D eigenvalue weighted by Crippen LogP contribution is 2.42. The van der Waals surface area contributed by atoms with Gasteiger partial charge in [0, 0.05) is 54.4 Å². The van der Waals surface area contributed by atoms with Gasteiger partial charge in [-0.2, -0.15) is 48.6 Å². The lowest BCUT2D eigenvalue weighted by Crippen LogP contribution is -2.21. The van der Waals surface area contributed by atoms with Crippen LogP contribution in [0.2, 0.25) is 0 Å². The van der Waals surface area contributed by atoms with Crippen LogP contribution in [-0.4, -0.2) is 120 Å². The van der Waals surface area contributed by atoms with Crippen LogP contribution < -0.4 is 20.4 Å². The van der Waals surface area contributed by atoms with Gasteiger partial charge in [0.15, 0.2) is 5.16 Å². The van der Waals surface area contributed by atoms with Crippen molar-refractivity contribution >= 4 is 153 Å². The summed E-state index contributed by atoms with van der Waals surface area (Å²) in [5, 5.41) is 34.2. The highest BCUT2D eigenvalue weighted by molar-refractivity contribution is 7.99. The molecule has 0 radical (unpaired) electrons. The largest absolute Gasteiger partial charge is 0.396 e. The van der Waals surface area contributed by atoms with Crippen molar-refractivity contribution in [1.29, 1.82) is 0 Å². The van der Waals surface area contributed by atoms with Gasteiger partial charge in [0.2, 0.25) is 11.9 Å². The number of aliphatic hydroxyl groups excluding tert-OH is 1. The van der Waals surface area contributed by atoms with Gasteiger partial charge in [0.1, 0.15) is 52.3 Å². The minimum absolute atomic E-state index is 0.0410. The molecule has 0 aliphatic carbocycles. The number of aryl methyl sites for hydroxylation is 2. The van der Waals surface area contributed by atoms with E-state index < -0.39 is 50.3 Å². The molecule has 0 bridgehead atoms. The van der Waals surface area contributed by atoms with E-state index in [9.17, 15) is 57.0 Å². The highest BCUT2D eigenvalue weighted by atomic mass is 32.2. The van der Waals surface area contributed by atoms with E-state index in [1.54, 1.807) is 48.5 Å². The summed E-state index contributed by atoms with van der Waals surface area (Å²) in [7, 11) is -19.3. The van der Waals surface area contributed by atoms with Crippen molar-refractivity contribution in [2.45, 2.75) is 66.3 Å². The van der Waals surface area contributed by atoms with Crippen molar-refractivity contribution in [3.05, 3.63) is 108 Å². The fourth-order valence-electron chi connectivity index (χ4n) is 9.01. The van der Waals surface area contributed by atoms with Crippen LogP contribution in [0.1, 0.15) is 38.8 Å². The number of aromatic nitrogens is 5. The zero-order valence-corrected chi connectivity index (χ0v) is 52.0. The minimum Gasteiger partial charge on any atom is -0.396 e. The second kappa shape index (κ2) is 25.4. The summed E-state index contributed by atoms with van der Waals surface area (Å²) >= 11 is 2.89. The van der Waals surface area contributed by atoms with E-state index >= 15 is 0 Å². The van der Waals surface area contributed by atoms with Gasteiger partial charge in [-0.05, 0) is 138 Å². The Kier molecular flexibility index (Phi) is 18.6. The Balaban J connectivity index is 1.09. The van der Waals surface area contributed by atoms with Gasteiger partial charge in [0.05, 0.1) is 38.4 Å². The number of fused-ring (bicyclic) bond motifs is 2. The first-order valence-corrected chi connectivity index (χ1v) is 34.2. The van der Waals surface area contributed by atoms with E-state index in [-0.39, 0.29) is 126 Å². The highest BCUT2D eigenvalue weighted by Gasteiger charge is 2.26. The van der Waals surface area contributed by atoms with Crippen LogP contribution in [0, 0.1) is 13.8 Å². The number of hydrogen-bond acceptors (Lipinski definition) is 25. The zero-order chi connectivity index (χ0) is 62.0. The molecular formula is C53H53N13O13S7. The molecular weight excluding hydrogens is 1250 g/mol. The van der Waals surface area contributed by atoms with Crippen LogP contribution in [0.5, 0.6) is 0 Å². The number of nitrogens with one attached hydrogen (secondary N) is 2. The number of aliphatic hydroxyl groups is 1. The molecule has 0 unspecified atom stereocenters. The first-order valence-electron chi connectivity index (χ1n) is 25.9. The number of thioether (sulfide) groups is 1. The number of azo groups is 2. The molecule has 0 aliphatic heterocycles. The van der Waals surface area contributed by atoms with Crippen LogP contribution in [0.4, 0.5) is 57.4 Å². The molecule has 0 saturated carbocycles. The molecule has 7 N–H and O–H groups in total. The number of nitrogens with zero attached hydrogens (tertiary/aromatic N) is 11. The van der Waals surface area contributed by atoms with Crippen LogP contribution >= 0.6 is 34.4 Å². The fraction of sp³-hybridized carbons (Fsp3) is 0.226. The Morgan fingerprint density at radius 1 is 0.488 bits per heavy atom. The van der Waals surface area contributed by atoms with E-state index in [0.29, 0.717) is 26.2 Å². The number of anilines is 6. The SMILES string of the molecule is CCN(CC)c1ccc(N=Nc2ccc(-c3nc4ccc(C)c(S(=O)(=O)O)c4s3)cc2S(=O)(=O)O)c(Nc2nc(Nc3cc(N(CC)CC)ccc3N=Nc3ccc(-c4nc5ccc(C)c(S(=O)(=O)O)c5s4)cc3S(=O)(=O)O)nc(SCCO)n2)c1. The second-order valence-electron chi connectivity index (χ2n) is 18.7. The fourth-order valence-corrected chi connectivity index (χ4v) is 15.5. The van der Waals surface area contributed by atoms with Crippen LogP contribution in [0.15, 0.2) is 142 Å². The average molecular weight is 1300 g/mol. The van der Waals surface area contributed by atoms with Crippen LogP contribution in [0.25, 0.3) is 41.6 Å². The predicted octanol–water partition coefficient (Wildman–Crippen LogP) is 12.1. The molecule has 9 aromatic rings. The van der Waals surface area contributed by atoms with Gasteiger partial charge in [-0.15, -0.1) is 43.1 Å². The second-order valence-corrected chi connectivity index (χ2v) is 27.2. The quantitative estimate of drug-likeness (QED) is 0.0178. The van der Waals surface area contributed by atoms with Gasteiger partial charge < -0.3 is 25.5 Å². The Bertz CT molecular complexity index is 4370. The van der Waals surface area contributed by atoms with Crippen molar-refractivity contribution in [3.8, 4) is 21.1 Å². The van der Waals surface area contributed by atoms with E-state index in [1.807, 2.05) is 37.5 Å². The summed E-state index contributed by atoms with van der Waals surface area (Å²) in [5.41, 5.74) is 3.16.